The van der Waals surface area contributed by atoms with Crippen molar-refractivity contribution >= 4 is 27.9 Å². The number of benzene rings is 2. The number of ether oxygens (including phenoxy) is 1. The van der Waals surface area contributed by atoms with E-state index in [0.717, 1.165) is 14.9 Å². The minimum absolute atomic E-state index is 0.166. The van der Waals surface area contributed by atoms with Gasteiger partial charge in [0.25, 0.3) is 0 Å². The van der Waals surface area contributed by atoms with Crippen LogP contribution in [0.1, 0.15) is 24.2 Å². The van der Waals surface area contributed by atoms with E-state index in [1.54, 1.807) is 25.1 Å². The molecule has 1 saturated heterocycles. The van der Waals surface area contributed by atoms with Gasteiger partial charge in [0.05, 0.1) is 18.1 Å². The number of rotatable bonds is 5. The molecule has 5 nitrogen and oxygen atoms in total. The summed E-state index contributed by atoms with van der Waals surface area (Å²) in [7, 11) is 0. The monoisotopic (exact) mass is 417 g/mol. The van der Waals surface area contributed by atoms with Crippen LogP contribution in [-0.2, 0) is 16.0 Å². The van der Waals surface area contributed by atoms with E-state index in [2.05, 4.69) is 15.9 Å². The normalized spacial score (nSPS) is 19.1. The van der Waals surface area contributed by atoms with Crippen LogP contribution in [0.15, 0.2) is 59.1 Å². The highest BCUT2D eigenvalue weighted by molar-refractivity contribution is 9.10. The van der Waals surface area contributed by atoms with Gasteiger partial charge in [-0.05, 0) is 29.7 Å². The molecule has 26 heavy (non-hydrogen) atoms. The van der Waals surface area contributed by atoms with E-state index in [0.29, 0.717) is 12.0 Å². The molecule has 2 aromatic carbocycles. The molecule has 0 spiro atoms. The maximum Gasteiger partial charge on any atom is 0.416 e. The third kappa shape index (κ3) is 3.97. The molecule has 1 heterocycles. The van der Waals surface area contributed by atoms with Crippen LogP contribution in [0.5, 0.6) is 0 Å². The molecular formula is C20H20BrNO4. The number of amides is 2. The van der Waals surface area contributed by atoms with Crippen molar-refractivity contribution in [2.75, 3.05) is 6.61 Å². The maximum atomic E-state index is 12.9. The Bertz CT molecular complexity index is 795. The summed E-state index contributed by atoms with van der Waals surface area (Å²) in [4.78, 5) is 26.2. The van der Waals surface area contributed by atoms with Gasteiger partial charge in [0.1, 0.15) is 6.61 Å². The van der Waals surface area contributed by atoms with Crippen molar-refractivity contribution in [2.24, 2.45) is 5.92 Å². The van der Waals surface area contributed by atoms with Crippen molar-refractivity contribution in [3.63, 3.8) is 0 Å². The molecular weight excluding hydrogens is 398 g/mol. The fourth-order valence-corrected chi connectivity index (χ4v) is 3.52. The summed E-state index contributed by atoms with van der Waals surface area (Å²) in [6.45, 7) is 1.79. The van der Waals surface area contributed by atoms with Gasteiger partial charge in [0, 0.05) is 4.47 Å². The van der Waals surface area contributed by atoms with Crippen molar-refractivity contribution in [3.05, 3.63) is 70.2 Å². The smallest absolute Gasteiger partial charge is 0.416 e. The number of nitrogens with zero attached hydrogens (tertiary/aromatic N) is 1. The first-order valence-corrected chi connectivity index (χ1v) is 9.24. The molecule has 3 rings (SSSR count). The number of aliphatic hydroxyl groups is 1. The number of imide groups is 1. The number of hydrogen-bond acceptors (Lipinski definition) is 4. The summed E-state index contributed by atoms with van der Waals surface area (Å²) >= 11 is 3.36. The minimum atomic E-state index is -1.01. The Kier molecular flexibility index (Phi) is 5.74. The predicted molar refractivity (Wildman–Crippen MR) is 100 cm³/mol. The van der Waals surface area contributed by atoms with E-state index < -0.39 is 24.0 Å². The summed E-state index contributed by atoms with van der Waals surface area (Å²) in [6.07, 6.45) is -1.13. The number of halogens is 1. The number of carbonyl (C=O) groups is 2. The lowest BCUT2D eigenvalue weighted by molar-refractivity contribution is -0.136. The van der Waals surface area contributed by atoms with Gasteiger partial charge in [-0.3, -0.25) is 4.79 Å². The van der Waals surface area contributed by atoms with E-state index in [4.69, 9.17) is 4.74 Å². The van der Waals surface area contributed by atoms with Crippen LogP contribution in [0.25, 0.3) is 0 Å². The second-order valence-electron chi connectivity index (χ2n) is 6.42. The number of carbonyl (C=O) groups excluding carboxylic acids is 2. The second kappa shape index (κ2) is 8.01. The lowest BCUT2D eigenvalue weighted by Crippen LogP contribution is -2.44. The average molecular weight is 418 g/mol. The molecule has 1 fully saturated rings. The van der Waals surface area contributed by atoms with Crippen molar-refractivity contribution in [3.8, 4) is 0 Å². The summed E-state index contributed by atoms with van der Waals surface area (Å²) in [6, 6.07) is 16.4. The molecule has 1 aliphatic rings. The minimum Gasteiger partial charge on any atom is -0.447 e. The van der Waals surface area contributed by atoms with Crippen LogP contribution in [-0.4, -0.2) is 34.7 Å². The lowest BCUT2D eigenvalue weighted by Gasteiger charge is -2.26. The molecule has 0 aliphatic carbocycles. The van der Waals surface area contributed by atoms with Crippen LogP contribution in [0.2, 0.25) is 0 Å². The van der Waals surface area contributed by atoms with Gasteiger partial charge >= 0.3 is 6.09 Å². The fourth-order valence-electron chi connectivity index (χ4n) is 3.10. The molecule has 1 aliphatic heterocycles. The van der Waals surface area contributed by atoms with Crippen LogP contribution >= 0.6 is 15.9 Å². The summed E-state index contributed by atoms with van der Waals surface area (Å²) in [5, 5.41) is 10.6. The SMILES string of the molecule is C[C@@H](C(=O)N1C(=O)OCC1Cc1ccccc1)[C@@H](O)c1cccc(Br)c1. The van der Waals surface area contributed by atoms with Crippen LogP contribution in [0.3, 0.4) is 0 Å². The summed E-state index contributed by atoms with van der Waals surface area (Å²) in [5.41, 5.74) is 1.64. The Morgan fingerprint density at radius 3 is 2.69 bits per heavy atom. The molecule has 0 aromatic heterocycles. The van der Waals surface area contributed by atoms with Crippen LogP contribution in [0, 0.1) is 5.92 Å². The van der Waals surface area contributed by atoms with Gasteiger partial charge in [-0.2, -0.15) is 0 Å². The molecule has 1 unspecified atom stereocenters. The molecule has 0 saturated carbocycles. The Morgan fingerprint density at radius 1 is 1.27 bits per heavy atom. The Balaban J connectivity index is 1.76. The molecule has 0 bridgehead atoms. The quantitative estimate of drug-likeness (QED) is 0.804. The Labute approximate surface area is 160 Å². The first kappa shape index (κ1) is 18.6. The molecule has 3 atom stereocenters. The molecule has 0 radical (unpaired) electrons. The van der Waals surface area contributed by atoms with Crippen molar-refractivity contribution in [1.82, 2.24) is 4.90 Å². The molecule has 1 N–H and O–H groups in total. The van der Waals surface area contributed by atoms with Crippen LogP contribution in [0.4, 0.5) is 4.79 Å². The van der Waals surface area contributed by atoms with Gasteiger partial charge in [0.2, 0.25) is 5.91 Å². The standard InChI is InChI=1S/C20H20BrNO4/c1-13(18(23)15-8-5-9-16(21)11-15)19(24)22-17(12-26-20(22)25)10-14-6-3-2-4-7-14/h2-9,11,13,17-18,23H,10,12H2,1H3/t13-,17?,18-/m1/s1. The largest absolute Gasteiger partial charge is 0.447 e. The van der Waals surface area contributed by atoms with Gasteiger partial charge in [-0.25, -0.2) is 9.69 Å². The number of hydrogen-bond donors (Lipinski definition) is 1. The fraction of sp³-hybridized carbons (Fsp3) is 0.300. The van der Waals surface area contributed by atoms with E-state index in [1.807, 2.05) is 36.4 Å². The zero-order chi connectivity index (χ0) is 18.7. The van der Waals surface area contributed by atoms with Gasteiger partial charge in [-0.15, -0.1) is 0 Å². The Hall–Kier alpha value is -2.18. The van der Waals surface area contributed by atoms with Gasteiger partial charge in [0.15, 0.2) is 0 Å². The van der Waals surface area contributed by atoms with Crippen molar-refractivity contribution in [1.29, 1.82) is 0 Å². The summed E-state index contributed by atoms with van der Waals surface area (Å²) in [5.74, 6) is -1.20. The molecule has 6 heteroatoms. The zero-order valence-corrected chi connectivity index (χ0v) is 15.9. The van der Waals surface area contributed by atoms with Gasteiger partial charge in [-0.1, -0.05) is 65.3 Å². The summed E-state index contributed by atoms with van der Waals surface area (Å²) < 4.78 is 5.92. The van der Waals surface area contributed by atoms with E-state index in [-0.39, 0.29) is 12.6 Å². The first-order chi connectivity index (χ1) is 12.5. The zero-order valence-electron chi connectivity index (χ0n) is 14.3. The van der Waals surface area contributed by atoms with Gasteiger partial charge < -0.3 is 9.84 Å². The average Bonchev–Trinajstić information content (AvgIpc) is 3.01. The lowest BCUT2D eigenvalue weighted by atomic mass is 9.95. The Morgan fingerprint density at radius 2 is 2.00 bits per heavy atom. The van der Waals surface area contributed by atoms with Crippen molar-refractivity contribution in [2.45, 2.75) is 25.5 Å². The second-order valence-corrected chi connectivity index (χ2v) is 7.33. The van der Waals surface area contributed by atoms with E-state index in [1.165, 1.54) is 0 Å². The topological polar surface area (TPSA) is 66.8 Å². The highest BCUT2D eigenvalue weighted by atomic mass is 79.9. The highest BCUT2D eigenvalue weighted by Gasteiger charge is 2.41. The third-order valence-corrected chi connectivity index (χ3v) is 5.06. The van der Waals surface area contributed by atoms with E-state index in [9.17, 15) is 14.7 Å². The maximum absolute atomic E-state index is 12.9. The molecule has 2 aromatic rings. The molecule has 2 amide bonds. The predicted octanol–water partition coefficient (Wildman–Crippen LogP) is 3.71. The van der Waals surface area contributed by atoms with Crippen molar-refractivity contribution < 1.29 is 19.4 Å². The number of aliphatic hydroxyl groups excluding tert-OH is 1. The van der Waals surface area contributed by atoms with Crippen LogP contribution < -0.4 is 0 Å². The first-order valence-electron chi connectivity index (χ1n) is 8.44. The highest BCUT2D eigenvalue weighted by Crippen LogP contribution is 2.28. The third-order valence-electron chi connectivity index (χ3n) is 4.57. The molecule has 136 valence electrons. The number of cyclic esters (lactones) is 1. The van der Waals surface area contributed by atoms with E-state index >= 15 is 0 Å².